The van der Waals surface area contributed by atoms with Crippen LogP contribution < -0.4 is 4.72 Å². The van der Waals surface area contributed by atoms with E-state index >= 15 is 0 Å². The zero-order valence-electron chi connectivity index (χ0n) is 14.2. The molecule has 0 aliphatic heterocycles. The second kappa shape index (κ2) is 8.07. The summed E-state index contributed by atoms with van der Waals surface area (Å²) in [5.74, 6) is -1.35. The number of non-ortho nitro benzene ring substituents is 1. The van der Waals surface area contributed by atoms with Crippen molar-refractivity contribution >= 4 is 21.7 Å². The van der Waals surface area contributed by atoms with Gasteiger partial charge in [0, 0.05) is 12.1 Å². The van der Waals surface area contributed by atoms with Crippen LogP contribution in [0.25, 0.3) is 0 Å². The molecule has 0 radical (unpaired) electrons. The number of hydrogen-bond donors (Lipinski definition) is 1. The fraction of sp³-hybridized carbons (Fsp3) is 0.235. The fourth-order valence-corrected chi connectivity index (χ4v) is 3.73. The van der Waals surface area contributed by atoms with Gasteiger partial charge in [0.15, 0.2) is 0 Å². The molecule has 0 saturated carbocycles. The first-order valence-corrected chi connectivity index (χ1v) is 9.14. The largest absolute Gasteiger partial charge is 0.469 e. The summed E-state index contributed by atoms with van der Waals surface area (Å²) in [5.41, 5.74) is 0.377. The second-order valence-corrected chi connectivity index (χ2v) is 7.29. The molecule has 0 saturated heterocycles. The quantitative estimate of drug-likeness (QED) is 0.449. The van der Waals surface area contributed by atoms with Gasteiger partial charge in [0.1, 0.15) is 0 Å². The molecule has 0 spiro atoms. The van der Waals surface area contributed by atoms with Gasteiger partial charge in [0.2, 0.25) is 10.0 Å². The molecule has 0 aliphatic carbocycles. The molecule has 26 heavy (non-hydrogen) atoms. The van der Waals surface area contributed by atoms with Gasteiger partial charge in [0.25, 0.3) is 5.69 Å². The predicted molar refractivity (Wildman–Crippen MR) is 93.8 cm³/mol. The van der Waals surface area contributed by atoms with E-state index in [4.69, 9.17) is 4.74 Å². The Morgan fingerprint density at radius 1 is 1.12 bits per heavy atom. The summed E-state index contributed by atoms with van der Waals surface area (Å²) in [4.78, 5) is 21.9. The van der Waals surface area contributed by atoms with Gasteiger partial charge in [-0.3, -0.25) is 14.9 Å². The molecule has 0 aromatic heterocycles. The minimum atomic E-state index is -4.02. The van der Waals surface area contributed by atoms with Crippen LogP contribution >= 0.6 is 0 Å². The van der Waals surface area contributed by atoms with Crippen molar-refractivity contribution in [1.29, 1.82) is 0 Å². The van der Waals surface area contributed by atoms with Gasteiger partial charge in [-0.1, -0.05) is 37.3 Å². The molecule has 0 amide bonds. The second-order valence-electron chi connectivity index (χ2n) is 5.57. The number of nitro groups is 1. The van der Waals surface area contributed by atoms with Crippen molar-refractivity contribution in [1.82, 2.24) is 4.72 Å². The van der Waals surface area contributed by atoms with E-state index in [0.29, 0.717) is 5.56 Å². The number of sulfonamides is 1. The maximum Gasteiger partial charge on any atom is 0.310 e. The van der Waals surface area contributed by atoms with E-state index in [1.165, 1.54) is 7.11 Å². The third-order valence-corrected chi connectivity index (χ3v) is 5.33. The van der Waals surface area contributed by atoms with E-state index in [1.807, 2.05) is 0 Å². The number of nitrogens with one attached hydrogen (secondary N) is 1. The molecule has 0 fully saturated rings. The van der Waals surface area contributed by atoms with Gasteiger partial charge >= 0.3 is 5.97 Å². The highest BCUT2D eigenvalue weighted by molar-refractivity contribution is 7.89. The summed E-state index contributed by atoms with van der Waals surface area (Å²) in [7, 11) is -2.79. The third kappa shape index (κ3) is 4.44. The summed E-state index contributed by atoms with van der Waals surface area (Å²) in [5, 5.41) is 10.7. The molecule has 0 unspecified atom stereocenters. The van der Waals surface area contributed by atoms with Crippen molar-refractivity contribution in [2.75, 3.05) is 7.11 Å². The van der Waals surface area contributed by atoms with E-state index in [2.05, 4.69) is 4.72 Å². The Morgan fingerprint density at radius 2 is 1.69 bits per heavy atom. The summed E-state index contributed by atoms with van der Waals surface area (Å²) in [6.45, 7) is 1.56. The average Bonchev–Trinajstić information content (AvgIpc) is 2.65. The number of ether oxygens (including phenoxy) is 1. The molecule has 9 heteroatoms. The number of carbonyl (C=O) groups is 1. The van der Waals surface area contributed by atoms with E-state index in [0.717, 1.165) is 24.3 Å². The smallest absolute Gasteiger partial charge is 0.310 e. The van der Waals surface area contributed by atoms with Crippen molar-refractivity contribution in [3.63, 3.8) is 0 Å². The average molecular weight is 378 g/mol. The van der Waals surface area contributed by atoms with Crippen molar-refractivity contribution in [2.45, 2.75) is 17.9 Å². The molecule has 0 bridgehead atoms. The lowest BCUT2D eigenvalue weighted by Gasteiger charge is -2.23. The zero-order chi connectivity index (χ0) is 19.3. The normalized spacial score (nSPS) is 13.6. The topological polar surface area (TPSA) is 116 Å². The molecule has 2 aromatic rings. The number of nitro benzene ring substituents is 1. The van der Waals surface area contributed by atoms with Gasteiger partial charge in [-0.2, -0.15) is 0 Å². The summed E-state index contributed by atoms with van der Waals surface area (Å²) in [6.07, 6.45) is 0. The maximum absolute atomic E-state index is 12.7. The number of benzene rings is 2. The zero-order valence-corrected chi connectivity index (χ0v) is 15.0. The molecule has 2 aromatic carbocycles. The van der Waals surface area contributed by atoms with Gasteiger partial charge in [-0.25, -0.2) is 13.1 Å². The highest BCUT2D eigenvalue weighted by Crippen LogP contribution is 2.26. The van der Waals surface area contributed by atoms with Crippen molar-refractivity contribution < 1.29 is 22.9 Å². The van der Waals surface area contributed by atoms with Crippen LogP contribution in [0.2, 0.25) is 0 Å². The Morgan fingerprint density at radius 3 is 2.19 bits per heavy atom. The Balaban J connectivity index is 2.37. The van der Waals surface area contributed by atoms with Crippen LogP contribution in [-0.4, -0.2) is 26.4 Å². The standard InChI is InChI=1S/C17H18N2O6S/c1-12(17(20)25-2)16(13-6-4-3-5-7-13)18-26(23,24)15-10-8-14(9-11-15)19(21)22/h3-12,16,18H,1-2H3/t12-,16+/m0/s1. The number of rotatable bonds is 7. The van der Waals surface area contributed by atoms with Crippen LogP contribution in [0.5, 0.6) is 0 Å². The molecule has 0 aliphatic rings. The van der Waals surface area contributed by atoms with Crippen LogP contribution in [0.1, 0.15) is 18.5 Å². The first kappa shape index (κ1) is 19.5. The molecular weight excluding hydrogens is 360 g/mol. The lowest BCUT2D eigenvalue weighted by Crippen LogP contribution is -2.36. The highest BCUT2D eigenvalue weighted by atomic mass is 32.2. The number of esters is 1. The Labute approximate surface area is 151 Å². The van der Waals surface area contributed by atoms with Crippen molar-refractivity contribution in [2.24, 2.45) is 5.92 Å². The van der Waals surface area contributed by atoms with Crippen LogP contribution in [0.3, 0.4) is 0 Å². The predicted octanol–water partition coefficient (Wildman–Crippen LogP) is 2.42. The van der Waals surface area contributed by atoms with E-state index < -0.39 is 32.9 Å². The first-order valence-electron chi connectivity index (χ1n) is 7.66. The van der Waals surface area contributed by atoms with Crippen LogP contribution in [0, 0.1) is 16.0 Å². The monoisotopic (exact) mass is 378 g/mol. The summed E-state index contributed by atoms with van der Waals surface area (Å²) >= 11 is 0. The molecular formula is C17H18N2O6S. The highest BCUT2D eigenvalue weighted by Gasteiger charge is 2.31. The molecule has 1 N–H and O–H groups in total. The molecule has 2 atom stereocenters. The van der Waals surface area contributed by atoms with Crippen LogP contribution in [-0.2, 0) is 19.6 Å². The minimum Gasteiger partial charge on any atom is -0.469 e. The summed E-state index contributed by atoms with van der Waals surface area (Å²) < 4.78 is 32.6. The maximum atomic E-state index is 12.7. The van der Waals surface area contributed by atoms with Gasteiger partial charge in [-0.15, -0.1) is 0 Å². The fourth-order valence-electron chi connectivity index (χ4n) is 2.42. The Bertz CT molecular complexity index is 881. The number of carbonyl (C=O) groups excluding carboxylic acids is 1. The van der Waals surface area contributed by atoms with E-state index in [9.17, 15) is 23.3 Å². The number of nitrogens with zero attached hydrogens (tertiary/aromatic N) is 1. The number of hydrogen-bond acceptors (Lipinski definition) is 6. The third-order valence-electron chi connectivity index (χ3n) is 3.87. The Hall–Kier alpha value is -2.78. The number of methoxy groups -OCH3 is 1. The van der Waals surface area contributed by atoms with Crippen LogP contribution in [0.4, 0.5) is 5.69 Å². The lowest BCUT2D eigenvalue weighted by molar-refractivity contribution is -0.384. The van der Waals surface area contributed by atoms with Gasteiger partial charge in [-0.05, 0) is 17.7 Å². The SMILES string of the molecule is COC(=O)[C@@H](C)[C@@H](NS(=O)(=O)c1ccc([N+](=O)[O-])cc1)c1ccccc1. The first-order chi connectivity index (χ1) is 12.3. The Kier molecular flexibility index (Phi) is 6.06. The molecule has 0 heterocycles. The molecule has 8 nitrogen and oxygen atoms in total. The summed E-state index contributed by atoms with van der Waals surface area (Å²) in [6, 6.07) is 12.3. The van der Waals surface area contributed by atoms with Crippen molar-refractivity contribution in [3.05, 3.63) is 70.3 Å². The van der Waals surface area contributed by atoms with E-state index in [-0.39, 0.29) is 10.6 Å². The lowest BCUT2D eigenvalue weighted by atomic mass is 9.95. The van der Waals surface area contributed by atoms with E-state index in [1.54, 1.807) is 37.3 Å². The van der Waals surface area contributed by atoms with Gasteiger partial charge in [0.05, 0.1) is 28.9 Å². The van der Waals surface area contributed by atoms with Crippen molar-refractivity contribution in [3.8, 4) is 0 Å². The molecule has 138 valence electrons. The van der Waals surface area contributed by atoms with Gasteiger partial charge < -0.3 is 4.74 Å². The van der Waals surface area contributed by atoms with Crippen LogP contribution in [0.15, 0.2) is 59.5 Å². The minimum absolute atomic E-state index is 0.138. The molecule has 2 rings (SSSR count).